The zero-order chi connectivity index (χ0) is 10.8. The first-order valence-corrected chi connectivity index (χ1v) is 5.64. The average molecular weight is 228 g/mol. The maximum absolute atomic E-state index is 13.0. The van der Waals surface area contributed by atoms with Crippen molar-refractivity contribution in [3.8, 4) is 0 Å². The van der Waals surface area contributed by atoms with Gasteiger partial charge in [0, 0.05) is 28.9 Å². The second-order valence-corrected chi connectivity index (χ2v) is 4.91. The molecular weight excluding hydrogens is 215 g/mol. The Labute approximate surface area is 91.9 Å². The molecule has 1 aromatic carbocycles. The van der Waals surface area contributed by atoms with Gasteiger partial charge in [0.05, 0.1) is 6.10 Å². The van der Waals surface area contributed by atoms with Crippen molar-refractivity contribution in [1.29, 1.82) is 0 Å². The van der Waals surface area contributed by atoms with Gasteiger partial charge in [-0.3, -0.25) is 0 Å². The second kappa shape index (κ2) is 4.38. The quantitative estimate of drug-likeness (QED) is 0.656. The Kier molecular flexibility index (Phi) is 3.14. The van der Waals surface area contributed by atoms with Crippen molar-refractivity contribution in [2.75, 3.05) is 18.8 Å². The summed E-state index contributed by atoms with van der Waals surface area (Å²) >= 11 is 1.46. The topological polar surface area (TPSA) is 58.3 Å². The molecule has 0 saturated carbocycles. The van der Waals surface area contributed by atoms with E-state index in [0.717, 1.165) is 11.4 Å². The minimum Gasteiger partial charge on any atom is -0.399 e. The summed E-state index contributed by atoms with van der Waals surface area (Å²) in [5, 5.41) is 12.7. The molecule has 5 heteroatoms. The van der Waals surface area contributed by atoms with E-state index in [2.05, 4.69) is 5.32 Å². The van der Waals surface area contributed by atoms with Gasteiger partial charge in [0.25, 0.3) is 0 Å². The predicted octanol–water partition coefficient (Wildman–Crippen LogP) is 0.833. The average Bonchev–Trinajstić information content (AvgIpc) is 2.50. The fourth-order valence-electron chi connectivity index (χ4n) is 1.59. The van der Waals surface area contributed by atoms with Gasteiger partial charge in [-0.05, 0) is 18.2 Å². The van der Waals surface area contributed by atoms with E-state index in [1.54, 1.807) is 6.07 Å². The van der Waals surface area contributed by atoms with Gasteiger partial charge in [-0.25, -0.2) is 4.39 Å². The lowest BCUT2D eigenvalue weighted by atomic mass is 10.3. The fourth-order valence-corrected chi connectivity index (χ4v) is 2.78. The summed E-state index contributed by atoms with van der Waals surface area (Å²) in [6, 6.07) is 4.44. The van der Waals surface area contributed by atoms with Gasteiger partial charge in [0.15, 0.2) is 0 Å². The summed E-state index contributed by atoms with van der Waals surface area (Å²) in [5.74, 6) is -0.335. The molecule has 0 aromatic heterocycles. The molecule has 0 aliphatic carbocycles. The molecule has 0 amide bonds. The van der Waals surface area contributed by atoms with Crippen LogP contribution in [0.1, 0.15) is 0 Å². The molecule has 2 rings (SSSR count). The van der Waals surface area contributed by atoms with Crippen molar-refractivity contribution in [2.24, 2.45) is 0 Å². The summed E-state index contributed by atoms with van der Waals surface area (Å²) in [6.07, 6.45) is -0.375. The van der Waals surface area contributed by atoms with Crippen molar-refractivity contribution in [2.45, 2.75) is 16.2 Å². The highest BCUT2D eigenvalue weighted by Gasteiger charge is 2.25. The van der Waals surface area contributed by atoms with E-state index in [-0.39, 0.29) is 17.2 Å². The Balaban J connectivity index is 2.10. The van der Waals surface area contributed by atoms with Crippen LogP contribution in [0.25, 0.3) is 0 Å². The van der Waals surface area contributed by atoms with Crippen molar-refractivity contribution >= 4 is 17.4 Å². The third-order valence-electron chi connectivity index (χ3n) is 2.31. The third kappa shape index (κ3) is 2.62. The number of aliphatic hydroxyl groups excluding tert-OH is 1. The van der Waals surface area contributed by atoms with E-state index in [9.17, 15) is 9.50 Å². The molecule has 1 aliphatic heterocycles. The molecule has 2 unspecified atom stereocenters. The molecule has 0 spiro atoms. The number of halogens is 1. The third-order valence-corrected chi connectivity index (χ3v) is 3.60. The van der Waals surface area contributed by atoms with Gasteiger partial charge in [-0.1, -0.05) is 0 Å². The highest BCUT2D eigenvalue weighted by atomic mass is 32.2. The van der Waals surface area contributed by atoms with E-state index in [4.69, 9.17) is 5.73 Å². The molecular formula is C10H13FN2OS. The van der Waals surface area contributed by atoms with E-state index >= 15 is 0 Å². The molecule has 82 valence electrons. The fraction of sp³-hybridized carbons (Fsp3) is 0.400. The van der Waals surface area contributed by atoms with Gasteiger partial charge in [0.2, 0.25) is 0 Å². The summed E-state index contributed by atoms with van der Waals surface area (Å²) in [5.41, 5.74) is 5.95. The van der Waals surface area contributed by atoms with Crippen LogP contribution >= 0.6 is 11.8 Å². The largest absolute Gasteiger partial charge is 0.399 e. The Hall–Kier alpha value is -0.780. The van der Waals surface area contributed by atoms with E-state index < -0.39 is 0 Å². The van der Waals surface area contributed by atoms with Gasteiger partial charge >= 0.3 is 0 Å². The summed E-state index contributed by atoms with van der Waals surface area (Å²) in [6.45, 7) is 1.34. The molecule has 1 aromatic rings. The number of nitrogens with one attached hydrogen (secondary N) is 1. The Bertz CT molecular complexity index is 341. The molecule has 4 N–H and O–H groups in total. The first kappa shape index (κ1) is 10.7. The van der Waals surface area contributed by atoms with Crippen LogP contribution in [0.3, 0.4) is 0 Å². The lowest BCUT2D eigenvalue weighted by Crippen LogP contribution is -2.19. The van der Waals surface area contributed by atoms with Crippen LogP contribution in [0.2, 0.25) is 0 Å². The van der Waals surface area contributed by atoms with Crippen LogP contribution in [-0.2, 0) is 0 Å². The highest BCUT2D eigenvalue weighted by Crippen LogP contribution is 2.29. The number of hydrogen-bond donors (Lipinski definition) is 3. The zero-order valence-electron chi connectivity index (χ0n) is 8.11. The van der Waals surface area contributed by atoms with Crippen molar-refractivity contribution in [1.82, 2.24) is 5.32 Å². The SMILES string of the molecule is Nc1cc(F)cc(SC2CNCC2O)c1. The maximum Gasteiger partial charge on any atom is 0.126 e. The Morgan fingerprint density at radius 2 is 2.20 bits per heavy atom. The number of hydrogen-bond acceptors (Lipinski definition) is 4. The number of β-amino-alcohol motifs (C(OH)–C–C–N with tert-alkyl or cyclic N) is 1. The van der Waals surface area contributed by atoms with Crippen LogP contribution in [0.5, 0.6) is 0 Å². The van der Waals surface area contributed by atoms with Crippen molar-refractivity contribution < 1.29 is 9.50 Å². The van der Waals surface area contributed by atoms with E-state index in [1.807, 2.05) is 0 Å². The molecule has 1 fully saturated rings. The van der Waals surface area contributed by atoms with Gasteiger partial charge in [-0.15, -0.1) is 11.8 Å². The first-order chi connectivity index (χ1) is 7.15. The highest BCUT2D eigenvalue weighted by molar-refractivity contribution is 8.00. The number of anilines is 1. The smallest absolute Gasteiger partial charge is 0.126 e. The Morgan fingerprint density at radius 1 is 1.40 bits per heavy atom. The van der Waals surface area contributed by atoms with Gasteiger partial charge in [-0.2, -0.15) is 0 Å². The van der Waals surface area contributed by atoms with Gasteiger partial charge < -0.3 is 16.2 Å². The standard InChI is InChI=1S/C10H13FN2OS/c11-6-1-7(12)3-8(2-6)15-10-5-13-4-9(10)14/h1-3,9-10,13-14H,4-5,12H2. The summed E-state index contributed by atoms with van der Waals surface area (Å²) < 4.78 is 13.0. The minimum absolute atomic E-state index is 0.0752. The van der Waals surface area contributed by atoms with Crippen LogP contribution in [0.4, 0.5) is 10.1 Å². The van der Waals surface area contributed by atoms with Crippen LogP contribution < -0.4 is 11.1 Å². The number of nitrogens with two attached hydrogens (primary N) is 1. The first-order valence-electron chi connectivity index (χ1n) is 4.76. The summed E-state index contributed by atoms with van der Waals surface area (Å²) in [4.78, 5) is 0.764. The van der Waals surface area contributed by atoms with E-state index in [0.29, 0.717) is 12.2 Å². The number of thioether (sulfide) groups is 1. The number of rotatable bonds is 2. The van der Waals surface area contributed by atoms with E-state index in [1.165, 1.54) is 23.9 Å². The minimum atomic E-state index is -0.375. The second-order valence-electron chi connectivity index (χ2n) is 3.60. The predicted molar refractivity (Wildman–Crippen MR) is 59.3 cm³/mol. The molecule has 0 bridgehead atoms. The molecule has 15 heavy (non-hydrogen) atoms. The van der Waals surface area contributed by atoms with Crippen LogP contribution in [-0.4, -0.2) is 29.5 Å². The molecule has 0 radical (unpaired) electrons. The van der Waals surface area contributed by atoms with Crippen molar-refractivity contribution in [3.63, 3.8) is 0 Å². The molecule has 1 heterocycles. The van der Waals surface area contributed by atoms with Crippen LogP contribution in [0, 0.1) is 5.82 Å². The maximum atomic E-state index is 13.0. The number of nitrogen functional groups attached to an aromatic ring is 1. The zero-order valence-corrected chi connectivity index (χ0v) is 8.93. The molecule has 1 saturated heterocycles. The molecule has 2 atom stereocenters. The normalized spacial score (nSPS) is 25.7. The van der Waals surface area contributed by atoms with Crippen LogP contribution in [0.15, 0.2) is 23.1 Å². The summed E-state index contributed by atoms with van der Waals surface area (Å²) in [7, 11) is 0. The molecule has 1 aliphatic rings. The number of aliphatic hydroxyl groups is 1. The number of benzene rings is 1. The monoisotopic (exact) mass is 228 g/mol. The lowest BCUT2D eigenvalue weighted by Gasteiger charge is -2.12. The van der Waals surface area contributed by atoms with Gasteiger partial charge in [0.1, 0.15) is 5.82 Å². The molecule has 3 nitrogen and oxygen atoms in total. The Morgan fingerprint density at radius 3 is 2.80 bits per heavy atom. The van der Waals surface area contributed by atoms with Crippen molar-refractivity contribution in [3.05, 3.63) is 24.0 Å². The lowest BCUT2D eigenvalue weighted by molar-refractivity contribution is 0.201.